The Balaban J connectivity index is 2.43. The van der Waals surface area contributed by atoms with Crippen molar-refractivity contribution in [3.63, 3.8) is 0 Å². The Kier molecular flexibility index (Phi) is 6.75. The molecule has 0 saturated heterocycles. The third kappa shape index (κ3) is 5.65. The van der Waals surface area contributed by atoms with Crippen LogP contribution in [-0.2, 0) is 0 Å². The fraction of sp³-hybridized carbons (Fsp3) is 0.625. The maximum atomic E-state index is 2.82. The van der Waals surface area contributed by atoms with Crippen molar-refractivity contribution in [1.29, 1.82) is 0 Å². The van der Waals surface area contributed by atoms with E-state index in [1.54, 1.807) is 4.35 Å². The van der Waals surface area contributed by atoms with Gasteiger partial charge in [-0.05, 0) is 0 Å². The first kappa shape index (κ1) is 16.6. The molecule has 0 bridgehead atoms. The van der Waals surface area contributed by atoms with Gasteiger partial charge in [-0.2, -0.15) is 0 Å². The Labute approximate surface area is 125 Å². The summed E-state index contributed by atoms with van der Waals surface area (Å²) in [7, 11) is -2.22. The van der Waals surface area contributed by atoms with E-state index in [1.165, 1.54) is 43.7 Å². The molecule has 104 valence electrons. The molecule has 1 aromatic carbocycles. The van der Waals surface area contributed by atoms with Crippen LogP contribution in [0.2, 0.25) is 16.6 Å². The molecule has 0 aliphatic rings. The summed E-state index contributed by atoms with van der Waals surface area (Å²) in [6, 6.07) is 11.2. The zero-order chi connectivity index (χ0) is 13.5. The fourth-order valence-corrected chi connectivity index (χ4v) is 11.0. The van der Waals surface area contributed by atoms with Crippen LogP contribution in [-0.4, -0.2) is 9.10 Å². The van der Waals surface area contributed by atoms with E-state index in [9.17, 15) is 0 Å². The van der Waals surface area contributed by atoms with Crippen LogP contribution in [0.15, 0.2) is 30.3 Å². The molecule has 0 amide bonds. The van der Waals surface area contributed by atoms with Gasteiger partial charge in [0, 0.05) is 0 Å². The monoisotopic (exact) mass is 422 g/mol. The normalized spacial score (nSPS) is 14.1. The van der Waals surface area contributed by atoms with E-state index in [2.05, 4.69) is 68.8 Å². The van der Waals surface area contributed by atoms with Crippen LogP contribution in [0.25, 0.3) is 0 Å². The van der Waals surface area contributed by atoms with Crippen molar-refractivity contribution in [2.24, 2.45) is 0 Å². The quantitative estimate of drug-likeness (QED) is 0.280. The average molecular weight is 422 g/mol. The molecule has 0 nitrogen and oxygen atoms in total. The van der Waals surface area contributed by atoms with E-state index < -0.39 is 9.10 Å². The van der Waals surface area contributed by atoms with E-state index >= 15 is 0 Å². The van der Waals surface area contributed by atoms with Crippen LogP contribution < -0.4 is 4.35 Å². The molecule has 1 rings (SSSR count). The topological polar surface area (TPSA) is 0 Å². The molecule has 0 saturated carbocycles. The predicted octanol–water partition coefficient (Wildman–Crippen LogP) is 5.85. The molecule has 0 heterocycles. The Bertz CT molecular complexity index is 337. The second-order valence-corrected chi connectivity index (χ2v) is 33.5. The van der Waals surface area contributed by atoms with Crippen molar-refractivity contribution in [2.45, 2.75) is 62.1 Å². The van der Waals surface area contributed by atoms with Crippen LogP contribution in [0.5, 0.6) is 0 Å². The zero-order valence-corrected chi connectivity index (χ0v) is 16.2. The molecule has 0 atom stereocenters. The molecule has 2 heteroatoms. The summed E-state index contributed by atoms with van der Waals surface area (Å²) in [6.45, 7) is 2.28. The van der Waals surface area contributed by atoms with E-state index in [0.717, 1.165) is 0 Å². The second-order valence-electron chi connectivity index (χ2n) is 6.05. The first-order valence-electron chi connectivity index (χ1n) is 7.22. The summed E-state index contributed by atoms with van der Waals surface area (Å²) in [5.74, 6) is 0. The van der Waals surface area contributed by atoms with Crippen LogP contribution in [0.3, 0.4) is 0 Å². The Morgan fingerprint density at radius 3 is 2.06 bits per heavy atom. The molecule has 0 N–H and O–H groups in total. The third-order valence-corrected chi connectivity index (χ3v) is 16.4. The van der Waals surface area contributed by atoms with Gasteiger partial charge in [0.2, 0.25) is 0 Å². The number of unbranched alkanes of at least 4 members (excludes halogenated alkanes) is 5. The van der Waals surface area contributed by atoms with Crippen molar-refractivity contribution in [2.75, 3.05) is 0 Å². The Hall–Kier alpha value is 0.508. The number of benzene rings is 1. The number of halogens is 1. The van der Waals surface area contributed by atoms with Crippen molar-refractivity contribution < 1.29 is 0 Å². The molecule has 0 unspecified atom stereocenters. The third-order valence-electron chi connectivity index (χ3n) is 3.71. The van der Waals surface area contributed by atoms with Crippen molar-refractivity contribution in [3.05, 3.63) is 30.3 Å². The molecule has 1 aromatic rings. The first-order valence-corrected chi connectivity index (χ1v) is 19.0. The number of hydrogen-bond acceptors (Lipinski definition) is 0. The van der Waals surface area contributed by atoms with E-state index in [-0.39, 0.29) is 0 Å². The van der Waals surface area contributed by atoms with Crippen molar-refractivity contribution >= 4 is 33.6 Å². The maximum absolute atomic E-state index is 2.82. The Morgan fingerprint density at radius 1 is 0.889 bits per heavy atom. The minimum atomic E-state index is -2.22. The van der Waals surface area contributed by atoms with Gasteiger partial charge in [0.25, 0.3) is 0 Å². The molecule has 0 radical (unpaired) electrons. The van der Waals surface area contributed by atoms with E-state index in [4.69, 9.17) is 0 Å². The van der Waals surface area contributed by atoms with Crippen LogP contribution >= 0.6 is 20.1 Å². The average Bonchev–Trinajstić information content (AvgIpc) is 2.34. The van der Waals surface area contributed by atoms with Crippen LogP contribution in [0, 0.1) is 0 Å². The van der Waals surface area contributed by atoms with Gasteiger partial charge in [-0.25, -0.2) is 0 Å². The summed E-state index contributed by atoms with van der Waals surface area (Å²) < 4.78 is 1.63. The summed E-state index contributed by atoms with van der Waals surface area (Å²) in [5, 5.41) is 1.44. The number of rotatable bonds is 8. The molecule has 18 heavy (non-hydrogen) atoms. The van der Waals surface area contributed by atoms with Gasteiger partial charge in [-0.1, -0.05) is 0 Å². The summed E-state index contributed by atoms with van der Waals surface area (Å²) in [6.07, 6.45) is 8.46. The molecule has 0 aromatic heterocycles. The van der Waals surface area contributed by atoms with Crippen molar-refractivity contribution in [3.8, 4) is 0 Å². The van der Waals surface area contributed by atoms with Crippen LogP contribution in [0.1, 0.15) is 45.4 Å². The van der Waals surface area contributed by atoms with Gasteiger partial charge in [0.05, 0.1) is 0 Å². The summed E-state index contributed by atoms with van der Waals surface area (Å²) >= 11 is 2.82. The number of hydrogen-bond donors (Lipinski definition) is 0. The summed E-state index contributed by atoms with van der Waals surface area (Å²) in [4.78, 5) is 0. The zero-order valence-electron chi connectivity index (χ0n) is 12.2. The fourth-order valence-electron chi connectivity index (χ4n) is 2.36. The Morgan fingerprint density at radius 2 is 1.44 bits per heavy atom. The molecular formula is C16H28AsI. The van der Waals surface area contributed by atoms with Crippen LogP contribution in [0.4, 0.5) is 0 Å². The standard InChI is InChI=1S/C16H28AsI/c1-4-5-6-7-8-12-15-17(2,3,18)16-13-10-9-11-14-16/h9-11,13-14H,4-8,12,15H2,1-3H3. The molecule has 0 spiro atoms. The molecular weight excluding hydrogens is 394 g/mol. The van der Waals surface area contributed by atoms with Gasteiger partial charge in [-0.3, -0.25) is 0 Å². The molecule has 0 fully saturated rings. The first-order chi connectivity index (χ1) is 8.44. The molecule has 0 aliphatic carbocycles. The van der Waals surface area contributed by atoms with Gasteiger partial charge in [-0.15, -0.1) is 0 Å². The van der Waals surface area contributed by atoms with Gasteiger partial charge in [0.1, 0.15) is 0 Å². The molecule has 0 aliphatic heterocycles. The van der Waals surface area contributed by atoms with Gasteiger partial charge >= 0.3 is 126 Å². The van der Waals surface area contributed by atoms with Crippen molar-refractivity contribution in [1.82, 2.24) is 0 Å². The van der Waals surface area contributed by atoms with Gasteiger partial charge < -0.3 is 0 Å². The minimum absolute atomic E-state index is 1.35. The van der Waals surface area contributed by atoms with E-state index in [1.807, 2.05) is 0 Å². The second kappa shape index (κ2) is 7.33. The summed E-state index contributed by atoms with van der Waals surface area (Å²) in [5.41, 5.74) is 5.11. The predicted molar refractivity (Wildman–Crippen MR) is 95.8 cm³/mol. The van der Waals surface area contributed by atoms with E-state index in [0.29, 0.717) is 0 Å². The van der Waals surface area contributed by atoms with Gasteiger partial charge in [0.15, 0.2) is 0 Å². The SMILES string of the molecule is CCCCCCCC[As](C)(C)(I)c1ccccc1.